The summed E-state index contributed by atoms with van der Waals surface area (Å²) >= 11 is 0. The Morgan fingerprint density at radius 2 is 1.78 bits per heavy atom. The Hall–Kier alpha value is -2.03. The molecule has 0 aliphatic carbocycles. The summed E-state index contributed by atoms with van der Waals surface area (Å²) < 4.78 is 5.54. The third-order valence-corrected chi connectivity index (χ3v) is 2.57. The zero-order valence-corrected chi connectivity index (χ0v) is 10.6. The molecular weight excluding hydrogens is 224 g/mol. The predicted molar refractivity (Wildman–Crippen MR) is 73.8 cm³/mol. The van der Waals surface area contributed by atoms with Crippen LogP contribution >= 0.6 is 0 Å². The van der Waals surface area contributed by atoms with Crippen molar-refractivity contribution in [3.8, 4) is 5.75 Å². The van der Waals surface area contributed by atoms with Gasteiger partial charge in [-0.15, -0.1) is 0 Å². The first-order valence-corrected chi connectivity index (χ1v) is 6.24. The number of nitrogens with zero attached hydrogens (tertiary/aromatic N) is 1. The number of ether oxygens (including phenoxy) is 1. The quantitative estimate of drug-likeness (QED) is 0.842. The number of rotatable bonds is 6. The van der Waals surface area contributed by atoms with Crippen molar-refractivity contribution < 1.29 is 4.74 Å². The second-order valence-electron chi connectivity index (χ2n) is 4.08. The average Bonchev–Trinajstić information content (AvgIpc) is 2.45. The van der Waals surface area contributed by atoms with Crippen molar-refractivity contribution in [3.63, 3.8) is 0 Å². The van der Waals surface area contributed by atoms with Gasteiger partial charge in [-0.2, -0.15) is 0 Å². The first-order valence-electron chi connectivity index (χ1n) is 6.24. The van der Waals surface area contributed by atoms with E-state index in [4.69, 9.17) is 4.74 Å². The molecule has 2 aromatic rings. The Balaban J connectivity index is 1.86. The van der Waals surface area contributed by atoms with Crippen LogP contribution < -0.4 is 10.1 Å². The van der Waals surface area contributed by atoms with E-state index in [1.807, 2.05) is 36.4 Å². The van der Waals surface area contributed by atoms with Gasteiger partial charge < -0.3 is 10.1 Å². The van der Waals surface area contributed by atoms with Gasteiger partial charge in [0.15, 0.2) is 0 Å². The van der Waals surface area contributed by atoms with Crippen LogP contribution in [0.5, 0.6) is 5.75 Å². The molecule has 2 rings (SSSR count). The summed E-state index contributed by atoms with van der Waals surface area (Å²) in [5, 5.41) is 3.36. The van der Waals surface area contributed by atoms with Gasteiger partial charge in [0.05, 0.1) is 6.61 Å². The van der Waals surface area contributed by atoms with E-state index >= 15 is 0 Å². The molecule has 3 heteroatoms. The largest absolute Gasteiger partial charge is 0.494 e. The summed E-state index contributed by atoms with van der Waals surface area (Å²) in [5.41, 5.74) is 2.31. The summed E-state index contributed by atoms with van der Waals surface area (Å²) in [7, 11) is 0. The van der Waals surface area contributed by atoms with E-state index in [2.05, 4.69) is 17.2 Å². The zero-order chi connectivity index (χ0) is 12.6. The standard InChI is InChI=1S/C15H18N2O/c1-2-11-18-15-5-3-14(4-6-15)17-12-13-7-9-16-10-8-13/h3-10,17H,2,11-12H2,1H3. The van der Waals surface area contributed by atoms with Gasteiger partial charge in [-0.05, 0) is 48.4 Å². The van der Waals surface area contributed by atoms with Crippen LogP contribution in [0.2, 0.25) is 0 Å². The molecule has 1 N–H and O–H groups in total. The highest BCUT2D eigenvalue weighted by atomic mass is 16.5. The summed E-state index contributed by atoms with van der Waals surface area (Å²) in [6, 6.07) is 12.1. The highest BCUT2D eigenvalue weighted by Crippen LogP contribution is 2.16. The first-order chi connectivity index (χ1) is 8.88. The minimum absolute atomic E-state index is 0.768. The van der Waals surface area contributed by atoms with Crippen LogP contribution in [0.15, 0.2) is 48.8 Å². The Morgan fingerprint density at radius 3 is 2.44 bits per heavy atom. The maximum absolute atomic E-state index is 5.54. The first kappa shape index (κ1) is 12.4. The molecule has 0 bridgehead atoms. The number of anilines is 1. The lowest BCUT2D eigenvalue weighted by Gasteiger charge is -2.08. The third kappa shape index (κ3) is 3.77. The van der Waals surface area contributed by atoms with Crippen molar-refractivity contribution >= 4 is 5.69 Å². The normalized spacial score (nSPS) is 10.1. The molecule has 0 radical (unpaired) electrons. The monoisotopic (exact) mass is 242 g/mol. The fraction of sp³-hybridized carbons (Fsp3) is 0.267. The van der Waals surface area contributed by atoms with Gasteiger partial charge in [-0.1, -0.05) is 6.92 Å². The number of pyridine rings is 1. The Bertz CT molecular complexity index is 454. The van der Waals surface area contributed by atoms with Gasteiger partial charge in [0.1, 0.15) is 5.75 Å². The fourth-order valence-corrected chi connectivity index (χ4v) is 1.59. The molecule has 0 saturated carbocycles. The van der Waals surface area contributed by atoms with E-state index in [0.717, 1.165) is 31.0 Å². The van der Waals surface area contributed by atoms with Crippen LogP contribution in [-0.4, -0.2) is 11.6 Å². The Labute approximate surface area is 108 Å². The molecule has 1 aromatic heterocycles. The maximum atomic E-state index is 5.54. The number of hydrogen-bond acceptors (Lipinski definition) is 3. The lowest BCUT2D eigenvalue weighted by molar-refractivity contribution is 0.317. The van der Waals surface area contributed by atoms with E-state index in [9.17, 15) is 0 Å². The topological polar surface area (TPSA) is 34.1 Å². The van der Waals surface area contributed by atoms with Gasteiger partial charge >= 0.3 is 0 Å². The molecule has 0 atom stereocenters. The number of nitrogens with one attached hydrogen (secondary N) is 1. The minimum atomic E-state index is 0.768. The molecule has 0 fully saturated rings. The lowest BCUT2D eigenvalue weighted by atomic mass is 10.2. The van der Waals surface area contributed by atoms with Crippen molar-refractivity contribution in [2.45, 2.75) is 19.9 Å². The zero-order valence-electron chi connectivity index (χ0n) is 10.6. The second kappa shape index (κ2) is 6.64. The van der Waals surface area contributed by atoms with Gasteiger partial charge in [0, 0.05) is 24.6 Å². The Kier molecular flexibility index (Phi) is 4.59. The maximum Gasteiger partial charge on any atom is 0.119 e. The molecule has 3 nitrogen and oxygen atoms in total. The van der Waals surface area contributed by atoms with E-state index in [-0.39, 0.29) is 0 Å². The number of aromatic nitrogens is 1. The molecule has 0 aliphatic rings. The van der Waals surface area contributed by atoms with Crippen molar-refractivity contribution in [2.75, 3.05) is 11.9 Å². The van der Waals surface area contributed by atoms with Gasteiger partial charge in [-0.3, -0.25) is 4.98 Å². The van der Waals surface area contributed by atoms with E-state index in [0.29, 0.717) is 0 Å². The van der Waals surface area contributed by atoms with E-state index < -0.39 is 0 Å². The molecule has 0 aliphatic heterocycles. The van der Waals surface area contributed by atoms with Gasteiger partial charge in [0.2, 0.25) is 0 Å². The smallest absolute Gasteiger partial charge is 0.119 e. The molecule has 94 valence electrons. The SMILES string of the molecule is CCCOc1ccc(NCc2ccncc2)cc1. The lowest BCUT2D eigenvalue weighted by Crippen LogP contribution is -1.99. The van der Waals surface area contributed by atoms with Gasteiger partial charge in [0.25, 0.3) is 0 Å². The van der Waals surface area contributed by atoms with Crippen LogP contribution in [0.4, 0.5) is 5.69 Å². The molecule has 0 unspecified atom stereocenters. The van der Waals surface area contributed by atoms with E-state index in [1.54, 1.807) is 12.4 Å². The molecule has 18 heavy (non-hydrogen) atoms. The van der Waals surface area contributed by atoms with Crippen LogP contribution in [0.3, 0.4) is 0 Å². The number of hydrogen-bond donors (Lipinski definition) is 1. The van der Waals surface area contributed by atoms with Crippen molar-refractivity contribution in [2.24, 2.45) is 0 Å². The van der Waals surface area contributed by atoms with E-state index in [1.165, 1.54) is 5.56 Å². The highest BCUT2D eigenvalue weighted by molar-refractivity contribution is 5.46. The second-order valence-corrected chi connectivity index (χ2v) is 4.08. The van der Waals surface area contributed by atoms with Crippen LogP contribution in [0.25, 0.3) is 0 Å². The van der Waals surface area contributed by atoms with Crippen molar-refractivity contribution in [1.82, 2.24) is 4.98 Å². The highest BCUT2D eigenvalue weighted by Gasteiger charge is 1.95. The number of benzene rings is 1. The molecule has 0 amide bonds. The van der Waals surface area contributed by atoms with Gasteiger partial charge in [-0.25, -0.2) is 0 Å². The summed E-state index contributed by atoms with van der Waals surface area (Å²) in [4.78, 5) is 4.00. The third-order valence-electron chi connectivity index (χ3n) is 2.57. The average molecular weight is 242 g/mol. The predicted octanol–water partition coefficient (Wildman–Crippen LogP) is 3.48. The van der Waals surface area contributed by atoms with Crippen LogP contribution in [0.1, 0.15) is 18.9 Å². The Morgan fingerprint density at radius 1 is 1.06 bits per heavy atom. The molecule has 1 aromatic carbocycles. The fourth-order valence-electron chi connectivity index (χ4n) is 1.59. The minimum Gasteiger partial charge on any atom is -0.494 e. The van der Waals surface area contributed by atoms with Crippen LogP contribution in [-0.2, 0) is 6.54 Å². The van der Waals surface area contributed by atoms with Crippen molar-refractivity contribution in [1.29, 1.82) is 0 Å². The summed E-state index contributed by atoms with van der Waals surface area (Å²) in [6.45, 7) is 3.67. The summed E-state index contributed by atoms with van der Waals surface area (Å²) in [6.07, 6.45) is 4.64. The molecule has 0 saturated heterocycles. The molecule has 1 heterocycles. The molecular formula is C15H18N2O. The molecule has 0 spiro atoms. The van der Waals surface area contributed by atoms with Crippen LogP contribution in [0, 0.1) is 0 Å². The summed E-state index contributed by atoms with van der Waals surface area (Å²) in [5.74, 6) is 0.923. The van der Waals surface area contributed by atoms with Crippen molar-refractivity contribution in [3.05, 3.63) is 54.4 Å².